The maximum Gasteiger partial charge on any atom is 0.291 e. The number of anilines is 1. The van der Waals surface area contributed by atoms with E-state index in [2.05, 4.69) is 20.6 Å². The number of furan rings is 1. The van der Waals surface area contributed by atoms with Crippen molar-refractivity contribution in [1.82, 2.24) is 15.3 Å². The summed E-state index contributed by atoms with van der Waals surface area (Å²) in [6.07, 6.45) is 1.44. The molecule has 2 aromatic heterocycles. The molecule has 2 heterocycles. The Kier molecular flexibility index (Phi) is 5.58. The summed E-state index contributed by atoms with van der Waals surface area (Å²) in [6, 6.07) is 15.9. The van der Waals surface area contributed by atoms with Gasteiger partial charge in [0.15, 0.2) is 5.76 Å². The fourth-order valence-electron chi connectivity index (χ4n) is 3.38. The number of carbonyl (C=O) groups is 2. The summed E-state index contributed by atoms with van der Waals surface area (Å²) in [4.78, 5) is 33.3. The number of carbonyl (C=O) groups excluding carboxylic acids is 2. The van der Waals surface area contributed by atoms with Crippen molar-refractivity contribution < 1.29 is 14.0 Å². The number of rotatable bonds is 6. The van der Waals surface area contributed by atoms with Gasteiger partial charge < -0.3 is 20.0 Å². The van der Waals surface area contributed by atoms with Gasteiger partial charge in [0, 0.05) is 11.3 Å². The van der Waals surface area contributed by atoms with Gasteiger partial charge in [0.05, 0.1) is 23.3 Å². The number of aryl methyl sites for hydroxylation is 1. The quantitative estimate of drug-likeness (QED) is 0.418. The highest BCUT2D eigenvalue weighted by Gasteiger charge is 2.23. The molecule has 7 heteroatoms. The van der Waals surface area contributed by atoms with E-state index in [9.17, 15) is 9.59 Å². The van der Waals surface area contributed by atoms with E-state index >= 15 is 0 Å². The van der Waals surface area contributed by atoms with Gasteiger partial charge in [-0.2, -0.15) is 0 Å². The molecule has 0 aliphatic heterocycles. The van der Waals surface area contributed by atoms with Gasteiger partial charge >= 0.3 is 0 Å². The minimum Gasteiger partial charge on any atom is -0.459 e. The van der Waals surface area contributed by atoms with Crippen LogP contribution in [0.25, 0.3) is 11.0 Å². The summed E-state index contributed by atoms with van der Waals surface area (Å²) in [5.74, 6) is 0.427. The number of nitrogens with zero attached hydrogens (tertiary/aromatic N) is 1. The van der Waals surface area contributed by atoms with Gasteiger partial charge in [-0.05, 0) is 54.8 Å². The predicted molar refractivity (Wildman–Crippen MR) is 119 cm³/mol. The molecule has 2 aromatic carbocycles. The van der Waals surface area contributed by atoms with Crippen LogP contribution in [0, 0.1) is 12.8 Å². The predicted octanol–water partition coefficient (Wildman–Crippen LogP) is 4.84. The molecular weight excluding hydrogens is 392 g/mol. The summed E-state index contributed by atoms with van der Waals surface area (Å²) in [6.45, 7) is 5.93. The number of imidazole rings is 1. The van der Waals surface area contributed by atoms with Crippen molar-refractivity contribution in [3.63, 3.8) is 0 Å². The Hall–Kier alpha value is -3.87. The van der Waals surface area contributed by atoms with E-state index in [-0.39, 0.29) is 29.5 Å². The summed E-state index contributed by atoms with van der Waals surface area (Å²) >= 11 is 0. The number of nitrogens with one attached hydrogen (secondary N) is 3. The normalized spacial score (nSPS) is 12.1. The number of hydrogen-bond donors (Lipinski definition) is 3. The zero-order chi connectivity index (χ0) is 22.0. The maximum atomic E-state index is 13.0. The molecule has 0 spiro atoms. The van der Waals surface area contributed by atoms with E-state index in [1.54, 1.807) is 30.3 Å². The van der Waals surface area contributed by atoms with Gasteiger partial charge in [0.1, 0.15) is 5.82 Å². The van der Waals surface area contributed by atoms with Crippen molar-refractivity contribution in [2.45, 2.75) is 26.8 Å². The average molecular weight is 416 g/mol. The lowest BCUT2D eigenvalue weighted by Gasteiger charge is -2.21. The minimum atomic E-state index is -0.368. The van der Waals surface area contributed by atoms with Crippen LogP contribution in [0.3, 0.4) is 0 Å². The third-order valence-corrected chi connectivity index (χ3v) is 5.15. The van der Waals surface area contributed by atoms with Crippen LogP contribution in [0.2, 0.25) is 0 Å². The average Bonchev–Trinajstić information content (AvgIpc) is 3.43. The van der Waals surface area contributed by atoms with Crippen molar-refractivity contribution in [2.75, 3.05) is 5.32 Å². The molecule has 158 valence electrons. The van der Waals surface area contributed by atoms with Gasteiger partial charge in [-0.25, -0.2) is 4.98 Å². The first-order chi connectivity index (χ1) is 14.9. The highest BCUT2D eigenvalue weighted by Crippen LogP contribution is 2.24. The molecule has 0 saturated heterocycles. The summed E-state index contributed by atoms with van der Waals surface area (Å²) in [5.41, 5.74) is 3.63. The number of aromatic nitrogens is 2. The third-order valence-electron chi connectivity index (χ3n) is 5.15. The van der Waals surface area contributed by atoms with Crippen LogP contribution in [0.5, 0.6) is 0 Å². The topological polar surface area (TPSA) is 100 Å². The maximum absolute atomic E-state index is 13.0. The number of benzene rings is 2. The standard InChI is InChI=1S/C24H24N4O3/c1-14(2)21(22-25-17-7-4-5-8-18(17)26-22)28-23(29)16-11-10-15(3)19(13-16)27-24(30)20-9-6-12-31-20/h4-14,21H,1-3H3,(H,25,26)(H,27,30)(H,28,29)/t21-/m0/s1. The van der Waals surface area contributed by atoms with E-state index in [0.29, 0.717) is 17.1 Å². The van der Waals surface area contributed by atoms with Crippen LogP contribution in [0.15, 0.2) is 65.3 Å². The van der Waals surface area contributed by atoms with E-state index in [4.69, 9.17) is 4.42 Å². The first-order valence-corrected chi connectivity index (χ1v) is 10.1. The fraction of sp³-hybridized carbons (Fsp3) is 0.208. The Morgan fingerprint density at radius 2 is 1.84 bits per heavy atom. The number of hydrogen-bond acceptors (Lipinski definition) is 4. The van der Waals surface area contributed by atoms with Crippen LogP contribution >= 0.6 is 0 Å². The van der Waals surface area contributed by atoms with E-state index in [0.717, 1.165) is 16.6 Å². The number of H-pyrrole nitrogens is 1. The second kappa shape index (κ2) is 8.47. The zero-order valence-electron chi connectivity index (χ0n) is 17.6. The SMILES string of the molecule is Cc1ccc(C(=O)N[C@H](c2nc3ccccc3[nH]2)C(C)C)cc1NC(=O)c1ccco1. The molecule has 0 bridgehead atoms. The Morgan fingerprint density at radius 3 is 2.55 bits per heavy atom. The second-order valence-corrected chi connectivity index (χ2v) is 7.80. The number of aromatic amines is 1. The van der Waals surface area contributed by atoms with Gasteiger partial charge in [-0.1, -0.05) is 32.0 Å². The molecule has 31 heavy (non-hydrogen) atoms. The molecule has 4 rings (SSSR count). The summed E-state index contributed by atoms with van der Waals surface area (Å²) in [5, 5.41) is 5.88. The lowest BCUT2D eigenvalue weighted by molar-refractivity contribution is 0.0922. The summed E-state index contributed by atoms with van der Waals surface area (Å²) < 4.78 is 5.14. The van der Waals surface area contributed by atoms with Crippen LogP contribution in [-0.4, -0.2) is 21.8 Å². The van der Waals surface area contributed by atoms with Crippen LogP contribution < -0.4 is 10.6 Å². The monoisotopic (exact) mass is 416 g/mol. The van der Waals surface area contributed by atoms with Gasteiger partial charge in [-0.15, -0.1) is 0 Å². The first kappa shape index (κ1) is 20.4. The van der Waals surface area contributed by atoms with Crippen molar-refractivity contribution >= 4 is 28.5 Å². The number of fused-ring (bicyclic) bond motifs is 1. The summed E-state index contributed by atoms with van der Waals surface area (Å²) in [7, 11) is 0. The lowest BCUT2D eigenvalue weighted by atomic mass is 10.0. The Bertz CT molecular complexity index is 1190. The molecule has 0 unspecified atom stereocenters. The van der Waals surface area contributed by atoms with E-state index in [1.807, 2.05) is 45.0 Å². The van der Waals surface area contributed by atoms with Crippen molar-refractivity contribution in [1.29, 1.82) is 0 Å². The molecule has 7 nitrogen and oxygen atoms in total. The molecule has 0 saturated carbocycles. The van der Waals surface area contributed by atoms with E-state index < -0.39 is 0 Å². The molecule has 0 radical (unpaired) electrons. The molecule has 2 amide bonds. The first-order valence-electron chi connectivity index (χ1n) is 10.1. The van der Waals surface area contributed by atoms with Gasteiger partial charge in [0.2, 0.25) is 0 Å². The van der Waals surface area contributed by atoms with Crippen molar-refractivity contribution in [3.05, 3.63) is 83.6 Å². The van der Waals surface area contributed by atoms with Crippen molar-refractivity contribution in [3.8, 4) is 0 Å². The molecule has 0 aliphatic rings. The highest BCUT2D eigenvalue weighted by atomic mass is 16.3. The fourth-order valence-corrected chi connectivity index (χ4v) is 3.38. The van der Waals surface area contributed by atoms with Crippen LogP contribution in [0.1, 0.15) is 52.2 Å². The third kappa shape index (κ3) is 4.35. The molecule has 4 aromatic rings. The van der Waals surface area contributed by atoms with Crippen LogP contribution in [0.4, 0.5) is 5.69 Å². The smallest absolute Gasteiger partial charge is 0.291 e. The number of amides is 2. The number of para-hydroxylation sites is 2. The Labute approximate surface area is 179 Å². The minimum absolute atomic E-state index is 0.119. The van der Waals surface area contributed by atoms with Crippen molar-refractivity contribution in [2.24, 2.45) is 5.92 Å². The Balaban J connectivity index is 1.55. The largest absolute Gasteiger partial charge is 0.459 e. The lowest BCUT2D eigenvalue weighted by Crippen LogP contribution is -2.32. The van der Waals surface area contributed by atoms with E-state index in [1.165, 1.54) is 6.26 Å². The zero-order valence-corrected chi connectivity index (χ0v) is 17.6. The van der Waals surface area contributed by atoms with Gasteiger partial charge in [-0.3, -0.25) is 9.59 Å². The molecule has 0 fully saturated rings. The molecular formula is C24H24N4O3. The molecule has 3 N–H and O–H groups in total. The molecule has 1 atom stereocenters. The van der Waals surface area contributed by atoms with Gasteiger partial charge in [0.25, 0.3) is 11.8 Å². The Morgan fingerprint density at radius 1 is 1.03 bits per heavy atom. The molecule has 0 aliphatic carbocycles. The second-order valence-electron chi connectivity index (χ2n) is 7.80. The van der Waals surface area contributed by atoms with Crippen LogP contribution in [-0.2, 0) is 0 Å². The highest BCUT2D eigenvalue weighted by molar-refractivity contribution is 6.04.